The predicted octanol–water partition coefficient (Wildman–Crippen LogP) is 3.60. The molecule has 0 N–H and O–H groups in total. The van der Waals surface area contributed by atoms with Gasteiger partial charge in [0.25, 0.3) is 0 Å². The highest BCUT2D eigenvalue weighted by Crippen LogP contribution is 2.32. The number of aromatic nitrogens is 1. The van der Waals surface area contributed by atoms with Crippen LogP contribution in [0.15, 0.2) is 30.5 Å². The smallest absolute Gasteiger partial charge is 0.443 e. The van der Waals surface area contributed by atoms with Gasteiger partial charge in [0.15, 0.2) is 10.8 Å². The molecule has 0 unspecified atom stereocenters. The fourth-order valence-electron chi connectivity index (χ4n) is 1.55. The lowest BCUT2D eigenvalue weighted by atomic mass is 10.1. The van der Waals surface area contributed by atoms with Crippen LogP contribution < -0.4 is 4.74 Å². The number of rotatable bonds is 4. The number of nitrogens with zero attached hydrogens (tertiary/aromatic N) is 1. The number of thiazole rings is 1. The van der Waals surface area contributed by atoms with Crippen LogP contribution in [0.4, 0.5) is 13.2 Å². The molecule has 0 aliphatic rings. The number of ketones is 1. The van der Waals surface area contributed by atoms with E-state index in [1.54, 1.807) is 24.3 Å². The van der Waals surface area contributed by atoms with Gasteiger partial charge in [0.05, 0.1) is 12.0 Å². The normalized spacial score (nSPS) is 11.4. The van der Waals surface area contributed by atoms with Crippen molar-refractivity contribution in [1.29, 1.82) is 0 Å². The van der Waals surface area contributed by atoms with Crippen molar-refractivity contribution in [3.8, 4) is 5.75 Å². The Morgan fingerprint density at radius 3 is 2.45 bits per heavy atom. The zero-order valence-electron chi connectivity index (χ0n) is 10.4. The second-order valence-electron chi connectivity index (χ2n) is 3.98. The molecule has 2 aromatic rings. The van der Waals surface area contributed by atoms with E-state index in [0.29, 0.717) is 22.6 Å². The van der Waals surface area contributed by atoms with E-state index in [-0.39, 0.29) is 17.1 Å². The van der Waals surface area contributed by atoms with Crippen LogP contribution in [-0.2, 0) is 12.6 Å². The molecule has 0 aliphatic heterocycles. The first-order chi connectivity index (χ1) is 9.40. The number of carbonyl (C=O) groups is 1. The minimum Gasteiger partial charge on any atom is -0.497 e. The monoisotopic (exact) mass is 301 g/mol. The number of benzene rings is 1. The van der Waals surface area contributed by atoms with Crippen LogP contribution in [0.25, 0.3) is 0 Å². The van der Waals surface area contributed by atoms with Crippen molar-refractivity contribution in [1.82, 2.24) is 4.98 Å². The minimum absolute atomic E-state index is 0.00754. The third-order valence-corrected chi connectivity index (χ3v) is 3.63. The van der Waals surface area contributed by atoms with E-state index in [2.05, 4.69) is 4.98 Å². The first-order valence-electron chi connectivity index (χ1n) is 5.59. The Morgan fingerprint density at radius 1 is 1.30 bits per heavy atom. The molecule has 1 heterocycles. The number of carbonyl (C=O) groups excluding carboxylic acids is 1. The lowest BCUT2D eigenvalue weighted by Gasteiger charge is -2.02. The van der Waals surface area contributed by atoms with Crippen molar-refractivity contribution in [2.24, 2.45) is 0 Å². The number of hydrogen-bond donors (Lipinski definition) is 0. The van der Waals surface area contributed by atoms with Gasteiger partial charge in [-0.25, -0.2) is 4.98 Å². The number of methoxy groups -OCH3 is 1. The van der Waals surface area contributed by atoms with Gasteiger partial charge in [0, 0.05) is 12.6 Å². The average molecular weight is 301 g/mol. The number of Topliss-reactive ketones (excluding diaryl/α,β-unsaturated/α-hetero) is 1. The summed E-state index contributed by atoms with van der Waals surface area (Å²) >= 11 is 0.364. The molecule has 0 radical (unpaired) electrons. The summed E-state index contributed by atoms with van der Waals surface area (Å²) in [6.45, 7) is 0. The Morgan fingerprint density at radius 2 is 1.95 bits per heavy atom. The summed E-state index contributed by atoms with van der Waals surface area (Å²) in [7, 11) is 1.52. The molecular weight excluding hydrogens is 291 g/mol. The minimum atomic E-state index is -4.51. The standard InChI is InChI=1S/C13H10F3NO2S/c1-19-9-4-2-8(3-5-9)6-10(18)11-7-17-12(20-11)13(14,15)16/h2-5,7H,6H2,1H3. The first-order valence-corrected chi connectivity index (χ1v) is 6.41. The van der Waals surface area contributed by atoms with Crippen LogP contribution >= 0.6 is 11.3 Å². The molecule has 0 amide bonds. The zero-order valence-corrected chi connectivity index (χ0v) is 11.2. The summed E-state index contributed by atoms with van der Waals surface area (Å²) in [5, 5.41) is -1.00. The van der Waals surface area contributed by atoms with E-state index in [1.165, 1.54) is 7.11 Å². The van der Waals surface area contributed by atoms with Crippen LogP contribution in [0.1, 0.15) is 20.2 Å². The van der Waals surface area contributed by atoms with E-state index in [0.717, 1.165) is 6.20 Å². The molecule has 0 atom stereocenters. The van der Waals surface area contributed by atoms with Crippen molar-refractivity contribution >= 4 is 17.1 Å². The highest BCUT2D eigenvalue weighted by Gasteiger charge is 2.35. The largest absolute Gasteiger partial charge is 0.497 e. The Labute approximate surface area is 117 Å². The molecule has 106 valence electrons. The Balaban J connectivity index is 2.09. The Kier molecular flexibility index (Phi) is 4.08. The maximum atomic E-state index is 12.4. The summed E-state index contributed by atoms with van der Waals surface area (Å²) in [6, 6.07) is 6.78. The maximum Gasteiger partial charge on any atom is 0.443 e. The van der Waals surface area contributed by atoms with Crippen molar-refractivity contribution in [3.05, 3.63) is 45.9 Å². The number of hydrogen-bond acceptors (Lipinski definition) is 4. The van der Waals surface area contributed by atoms with Crippen molar-refractivity contribution < 1.29 is 22.7 Å². The molecule has 1 aromatic heterocycles. The molecule has 0 aliphatic carbocycles. The van der Waals surface area contributed by atoms with Gasteiger partial charge in [0.2, 0.25) is 0 Å². The van der Waals surface area contributed by atoms with Gasteiger partial charge in [-0.2, -0.15) is 13.2 Å². The summed E-state index contributed by atoms with van der Waals surface area (Å²) in [5.41, 5.74) is 0.706. The number of halogens is 3. The van der Waals surface area contributed by atoms with Crippen LogP contribution in [0.2, 0.25) is 0 Å². The first kappa shape index (κ1) is 14.5. The molecule has 1 aromatic carbocycles. The Hall–Kier alpha value is -1.89. The van der Waals surface area contributed by atoms with Crippen molar-refractivity contribution in [2.75, 3.05) is 7.11 Å². The lowest BCUT2D eigenvalue weighted by Crippen LogP contribution is -2.03. The topological polar surface area (TPSA) is 39.2 Å². The van der Waals surface area contributed by atoms with Gasteiger partial charge >= 0.3 is 6.18 Å². The van der Waals surface area contributed by atoms with Gasteiger partial charge in [0.1, 0.15) is 5.75 Å². The zero-order chi connectivity index (χ0) is 14.8. The molecule has 20 heavy (non-hydrogen) atoms. The Bertz CT molecular complexity index is 605. The number of ether oxygens (including phenoxy) is 1. The summed E-state index contributed by atoms with van der Waals surface area (Å²) in [5.74, 6) is 0.265. The predicted molar refractivity (Wildman–Crippen MR) is 68.1 cm³/mol. The molecule has 0 fully saturated rings. The van der Waals surface area contributed by atoms with E-state index >= 15 is 0 Å². The van der Waals surface area contributed by atoms with Gasteiger partial charge in [-0.1, -0.05) is 12.1 Å². The maximum absolute atomic E-state index is 12.4. The van der Waals surface area contributed by atoms with Crippen molar-refractivity contribution in [3.63, 3.8) is 0 Å². The fourth-order valence-corrected chi connectivity index (χ4v) is 2.27. The van der Waals surface area contributed by atoms with E-state index in [1.807, 2.05) is 0 Å². The van der Waals surface area contributed by atoms with Crippen LogP contribution in [0, 0.1) is 0 Å². The molecule has 0 spiro atoms. The third kappa shape index (κ3) is 3.36. The number of alkyl halides is 3. The van der Waals surface area contributed by atoms with Crippen LogP contribution in [-0.4, -0.2) is 17.9 Å². The summed E-state index contributed by atoms with van der Waals surface area (Å²) in [6.07, 6.45) is -3.51. The summed E-state index contributed by atoms with van der Waals surface area (Å²) < 4.78 is 42.2. The molecular formula is C13H10F3NO2S. The van der Waals surface area contributed by atoms with Crippen LogP contribution in [0.3, 0.4) is 0 Å². The second kappa shape index (κ2) is 5.62. The van der Waals surface area contributed by atoms with Crippen molar-refractivity contribution in [2.45, 2.75) is 12.6 Å². The van der Waals surface area contributed by atoms with Gasteiger partial charge in [-0.3, -0.25) is 4.79 Å². The van der Waals surface area contributed by atoms with Gasteiger partial charge < -0.3 is 4.74 Å². The molecule has 0 saturated carbocycles. The van der Waals surface area contributed by atoms with Gasteiger partial charge in [-0.15, -0.1) is 11.3 Å². The van der Waals surface area contributed by atoms with E-state index < -0.39 is 11.2 Å². The highest BCUT2D eigenvalue weighted by molar-refractivity contribution is 7.13. The molecule has 0 bridgehead atoms. The molecule has 2 rings (SSSR count). The average Bonchev–Trinajstić information content (AvgIpc) is 2.89. The van der Waals surface area contributed by atoms with E-state index in [9.17, 15) is 18.0 Å². The molecule has 3 nitrogen and oxygen atoms in total. The molecule has 7 heteroatoms. The van der Waals surface area contributed by atoms with E-state index in [4.69, 9.17) is 4.74 Å². The molecule has 0 saturated heterocycles. The SMILES string of the molecule is COc1ccc(CC(=O)c2cnc(C(F)(F)F)s2)cc1. The summed E-state index contributed by atoms with van der Waals surface area (Å²) in [4.78, 5) is 15.1. The quantitative estimate of drug-likeness (QED) is 0.810. The van der Waals surface area contributed by atoms with Gasteiger partial charge in [-0.05, 0) is 17.7 Å². The fraction of sp³-hybridized carbons (Fsp3) is 0.231. The third-order valence-electron chi connectivity index (χ3n) is 2.55. The van der Waals surface area contributed by atoms with Crippen LogP contribution in [0.5, 0.6) is 5.75 Å². The highest BCUT2D eigenvalue weighted by atomic mass is 32.1. The second-order valence-corrected chi connectivity index (χ2v) is 5.01. The lowest BCUT2D eigenvalue weighted by molar-refractivity contribution is -0.137.